The van der Waals surface area contributed by atoms with Crippen molar-refractivity contribution in [2.24, 2.45) is 0 Å². The van der Waals surface area contributed by atoms with Crippen molar-refractivity contribution in [1.29, 1.82) is 0 Å². The van der Waals surface area contributed by atoms with E-state index in [2.05, 4.69) is 48.5 Å². The maximum absolute atomic E-state index is 11.7. The molecule has 2 heteroatoms. The summed E-state index contributed by atoms with van der Waals surface area (Å²) in [6.07, 6.45) is 3.75. The number of rotatable bonds is 2. The maximum atomic E-state index is 11.7. The third-order valence-electron chi connectivity index (χ3n) is 4.00. The molecule has 0 spiro atoms. The number of carbonyl (C=O) groups excluding carboxylic acids is 1. The average Bonchev–Trinajstić information content (AvgIpc) is 2.54. The highest BCUT2D eigenvalue weighted by Gasteiger charge is 2.17. The highest BCUT2D eigenvalue weighted by Crippen LogP contribution is 2.29. The molecule has 1 heterocycles. The molecule has 2 aromatic rings. The molecule has 0 N–H and O–H groups in total. The van der Waals surface area contributed by atoms with Gasteiger partial charge < -0.3 is 4.90 Å². The molecule has 1 aliphatic rings. The summed E-state index contributed by atoms with van der Waals surface area (Å²) in [6.45, 7) is 3.50. The van der Waals surface area contributed by atoms with Gasteiger partial charge in [-0.05, 0) is 28.3 Å². The van der Waals surface area contributed by atoms with Crippen molar-refractivity contribution < 1.29 is 4.79 Å². The fourth-order valence-corrected chi connectivity index (χ4v) is 2.87. The summed E-state index contributed by atoms with van der Waals surface area (Å²) >= 11 is 0. The number of hydrogen-bond acceptors (Lipinski definition) is 1. The lowest BCUT2D eigenvalue weighted by atomic mass is 9.94. The van der Waals surface area contributed by atoms with Crippen molar-refractivity contribution in [1.82, 2.24) is 4.90 Å². The number of nitrogens with zero attached hydrogens (tertiary/aromatic N) is 1. The van der Waals surface area contributed by atoms with Crippen LogP contribution in [-0.2, 0) is 4.79 Å². The lowest BCUT2D eigenvalue weighted by Gasteiger charge is -2.26. The molecule has 1 aliphatic heterocycles. The van der Waals surface area contributed by atoms with Crippen LogP contribution in [0.2, 0.25) is 0 Å². The number of fused-ring (bicyclic) bond motifs is 1. The van der Waals surface area contributed by atoms with Gasteiger partial charge in [0.05, 0.1) is 0 Å². The molecule has 0 aromatic heterocycles. The predicted molar refractivity (Wildman–Crippen MR) is 83.4 cm³/mol. The van der Waals surface area contributed by atoms with E-state index < -0.39 is 0 Å². The van der Waals surface area contributed by atoms with E-state index >= 15 is 0 Å². The van der Waals surface area contributed by atoms with Crippen LogP contribution in [0.15, 0.2) is 48.5 Å². The SMILES string of the molecule is CCC(=O)N1CC=C(c2cccc3ccccc23)CC1. The number of carbonyl (C=O) groups is 1. The molecular weight excluding hydrogens is 246 g/mol. The van der Waals surface area contributed by atoms with Gasteiger partial charge >= 0.3 is 0 Å². The molecular formula is C18H19NO. The van der Waals surface area contributed by atoms with Crippen molar-refractivity contribution in [3.05, 3.63) is 54.1 Å². The first-order chi connectivity index (χ1) is 9.79. The first kappa shape index (κ1) is 12.9. The van der Waals surface area contributed by atoms with Gasteiger partial charge in [-0.3, -0.25) is 4.79 Å². The van der Waals surface area contributed by atoms with Crippen LogP contribution in [0.5, 0.6) is 0 Å². The van der Waals surface area contributed by atoms with E-state index in [1.807, 2.05) is 11.8 Å². The summed E-state index contributed by atoms with van der Waals surface area (Å²) in [5.74, 6) is 0.248. The van der Waals surface area contributed by atoms with Crippen molar-refractivity contribution in [2.75, 3.05) is 13.1 Å². The van der Waals surface area contributed by atoms with Gasteiger partial charge in [-0.1, -0.05) is 55.5 Å². The van der Waals surface area contributed by atoms with Crippen LogP contribution in [0.4, 0.5) is 0 Å². The fourth-order valence-electron chi connectivity index (χ4n) is 2.87. The van der Waals surface area contributed by atoms with Crippen molar-refractivity contribution in [3.63, 3.8) is 0 Å². The average molecular weight is 265 g/mol. The normalized spacial score (nSPS) is 15.2. The van der Waals surface area contributed by atoms with Crippen molar-refractivity contribution in [3.8, 4) is 0 Å². The summed E-state index contributed by atoms with van der Waals surface area (Å²) in [7, 11) is 0. The monoisotopic (exact) mass is 265 g/mol. The minimum absolute atomic E-state index is 0.248. The van der Waals surface area contributed by atoms with Crippen LogP contribution < -0.4 is 0 Å². The molecule has 0 unspecified atom stereocenters. The highest BCUT2D eigenvalue weighted by molar-refractivity contribution is 5.94. The van der Waals surface area contributed by atoms with Gasteiger partial charge in [0.25, 0.3) is 0 Å². The number of amides is 1. The largest absolute Gasteiger partial charge is 0.339 e. The molecule has 20 heavy (non-hydrogen) atoms. The number of benzene rings is 2. The third kappa shape index (κ3) is 2.34. The third-order valence-corrected chi connectivity index (χ3v) is 4.00. The van der Waals surface area contributed by atoms with E-state index in [0.717, 1.165) is 19.5 Å². The minimum Gasteiger partial charge on any atom is -0.339 e. The molecule has 2 aromatic carbocycles. The Labute approximate surface area is 119 Å². The second-order valence-corrected chi connectivity index (χ2v) is 5.20. The molecule has 102 valence electrons. The van der Waals surface area contributed by atoms with E-state index in [1.54, 1.807) is 0 Å². The smallest absolute Gasteiger partial charge is 0.222 e. The van der Waals surface area contributed by atoms with Crippen LogP contribution in [0.25, 0.3) is 16.3 Å². The Kier molecular flexibility index (Phi) is 3.55. The van der Waals surface area contributed by atoms with E-state index in [1.165, 1.54) is 21.9 Å². The van der Waals surface area contributed by atoms with Crippen LogP contribution in [0.3, 0.4) is 0 Å². The topological polar surface area (TPSA) is 20.3 Å². The van der Waals surface area contributed by atoms with E-state index in [0.29, 0.717) is 6.42 Å². The summed E-state index contributed by atoms with van der Waals surface area (Å²) < 4.78 is 0. The Balaban J connectivity index is 1.93. The Morgan fingerprint density at radius 2 is 1.95 bits per heavy atom. The Morgan fingerprint density at radius 3 is 2.70 bits per heavy atom. The quantitative estimate of drug-likeness (QED) is 0.807. The molecule has 0 atom stereocenters. The number of hydrogen-bond donors (Lipinski definition) is 0. The molecule has 2 nitrogen and oxygen atoms in total. The van der Waals surface area contributed by atoms with Crippen LogP contribution >= 0.6 is 0 Å². The zero-order valence-electron chi connectivity index (χ0n) is 11.8. The van der Waals surface area contributed by atoms with Gasteiger partial charge in [0.2, 0.25) is 5.91 Å². The molecule has 0 fully saturated rings. The molecule has 0 radical (unpaired) electrons. The van der Waals surface area contributed by atoms with Crippen molar-refractivity contribution in [2.45, 2.75) is 19.8 Å². The van der Waals surface area contributed by atoms with Gasteiger partial charge in [-0.2, -0.15) is 0 Å². The highest BCUT2D eigenvalue weighted by atomic mass is 16.2. The first-order valence-electron chi connectivity index (χ1n) is 7.24. The van der Waals surface area contributed by atoms with Gasteiger partial charge in [-0.15, -0.1) is 0 Å². The zero-order valence-corrected chi connectivity index (χ0v) is 11.8. The van der Waals surface area contributed by atoms with Crippen LogP contribution in [-0.4, -0.2) is 23.9 Å². The van der Waals surface area contributed by atoms with Gasteiger partial charge in [-0.25, -0.2) is 0 Å². The Bertz CT molecular complexity index is 667. The van der Waals surface area contributed by atoms with Crippen molar-refractivity contribution >= 4 is 22.3 Å². The molecule has 1 amide bonds. The Hall–Kier alpha value is -2.09. The van der Waals surface area contributed by atoms with Gasteiger partial charge in [0.1, 0.15) is 0 Å². The minimum atomic E-state index is 0.248. The van der Waals surface area contributed by atoms with E-state index in [9.17, 15) is 4.79 Å². The second-order valence-electron chi connectivity index (χ2n) is 5.20. The van der Waals surface area contributed by atoms with E-state index in [-0.39, 0.29) is 5.91 Å². The summed E-state index contributed by atoms with van der Waals surface area (Å²) in [5.41, 5.74) is 2.67. The van der Waals surface area contributed by atoms with Crippen LogP contribution in [0, 0.1) is 0 Å². The second kappa shape index (κ2) is 5.49. The molecule has 0 aliphatic carbocycles. The van der Waals surface area contributed by atoms with Gasteiger partial charge in [0.15, 0.2) is 0 Å². The summed E-state index contributed by atoms with van der Waals surface area (Å²) in [5, 5.41) is 2.58. The van der Waals surface area contributed by atoms with E-state index in [4.69, 9.17) is 0 Å². The lowest BCUT2D eigenvalue weighted by molar-refractivity contribution is -0.130. The maximum Gasteiger partial charge on any atom is 0.222 e. The molecule has 0 saturated heterocycles. The molecule has 3 rings (SSSR count). The van der Waals surface area contributed by atoms with Crippen LogP contribution in [0.1, 0.15) is 25.3 Å². The first-order valence-corrected chi connectivity index (χ1v) is 7.24. The standard InChI is InChI=1S/C18H19NO/c1-2-18(20)19-12-10-15(11-13-19)17-9-5-7-14-6-3-4-8-16(14)17/h3-10H,2,11-13H2,1H3. The molecule has 0 saturated carbocycles. The van der Waals surface area contributed by atoms with Gasteiger partial charge in [0, 0.05) is 19.5 Å². The fraction of sp³-hybridized carbons (Fsp3) is 0.278. The Morgan fingerprint density at radius 1 is 1.15 bits per heavy atom. The predicted octanol–water partition coefficient (Wildman–Crippen LogP) is 3.87. The zero-order chi connectivity index (χ0) is 13.9. The summed E-state index contributed by atoms with van der Waals surface area (Å²) in [6, 6.07) is 14.9. The summed E-state index contributed by atoms with van der Waals surface area (Å²) in [4.78, 5) is 13.7. The molecule has 0 bridgehead atoms. The lowest BCUT2D eigenvalue weighted by Crippen LogP contribution is -2.34.